The Hall–Kier alpha value is -2.46. The fraction of sp³-hybridized carbons (Fsp3) is 0.0714. The molecule has 1 aromatic carbocycles. The summed E-state index contributed by atoms with van der Waals surface area (Å²) >= 11 is 5.89. The van der Waals surface area contributed by atoms with Gasteiger partial charge < -0.3 is 0 Å². The Morgan fingerprint density at radius 2 is 2.19 bits per heavy atom. The lowest BCUT2D eigenvalue weighted by atomic mass is 10.2. The molecule has 106 valence electrons. The van der Waals surface area contributed by atoms with Gasteiger partial charge in [0, 0.05) is 25.3 Å². The van der Waals surface area contributed by atoms with Gasteiger partial charge in [0.15, 0.2) is 5.69 Å². The van der Waals surface area contributed by atoms with Gasteiger partial charge in [0.2, 0.25) is 5.91 Å². The van der Waals surface area contributed by atoms with Crippen molar-refractivity contribution in [3.8, 4) is 6.07 Å². The SMILES string of the molecule is CC(=O)N(c1ccc(Cl)c(C#N)c1)c1cc([NH2+]O)ccn1. The number of carbonyl (C=O) groups is 1. The molecule has 0 fully saturated rings. The van der Waals surface area contributed by atoms with Crippen LogP contribution in [0, 0.1) is 11.3 Å². The van der Waals surface area contributed by atoms with Crippen LogP contribution >= 0.6 is 11.6 Å². The maximum absolute atomic E-state index is 11.9. The maximum atomic E-state index is 11.9. The third-order valence-corrected chi connectivity index (χ3v) is 3.12. The highest BCUT2D eigenvalue weighted by Crippen LogP contribution is 2.28. The molecule has 0 unspecified atom stereocenters. The van der Waals surface area contributed by atoms with Crippen LogP contribution in [-0.2, 0) is 4.79 Å². The second-order valence-electron chi connectivity index (χ2n) is 4.21. The molecular weight excluding hydrogens is 292 g/mol. The Bertz CT molecular complexity index is 727. The first-order chi connectivity index (χ1) is 10.1. The summed E-state index contributed by atoms with van der Waals surface area (Å²) in [6, 6.07) is 9.82. The summed E-state index contributed by atoms with van der Waals surface area (Å²) in [7, 11) is 0. The number of hydrogen-bond acceptors (Lipinski definition) is 4. The Labute approximate surface area is 126 Å². The molecule has 0 saturated carbocycles. The standard InChI is InChI=1S/C14H11ClN4O2/c1-9(20)19(14-7-11(18-21)4-5-17-14)12-2-3-13(15)10(6-12)8-16/h2-7,21H,1H3,(H,17,18)/p+1. The van der Waals surface area contributed by atoms with E-state index in [2.05, 4.69) is 4.98 Å². The number of carbonyl (C=O) groups excluding carboxylic acids is 1. The lowest BCUT2D eigenvalue weighted by Crippen LogP contribution is -2.73. The first-order valence-electron chi connectivity index (χ1n) is 6.00. The summed E-state index contributed by atoms with van der Waals surface area (Å²) in [5, 5.41) is 18.4. The van der Waals surface area contributed by atoms with Crippen LogP contribution in [0.5, 0.6) is 0 Å². The Morgan fingerprint density at radius 3 is 2.81 bits per heavy atom. The lowest BCUT2D eigenvalue weighted by molar-refractivity contribution is -0.825. The van der Waals surface area contributed by atoms with Gasteiger partial charge in [0.25, 0.3) is 0 Å². The average Bonchev–Trinajstić information content (AvgIpc) is 2.49. The van der Waals surface area contributed by atoms with E-state index in [0.717, 1.165) is 5.48 Å². The van der Waals surface area contributed by atoms with Crippen molar-refractivity contribution in [2.45, 2.75) is 6.92 Å². The average molecular weight is 304 g/mol. The van der Waals surface area contributed by atoms with E-state index in [9.17, 15) is 4.79 Å². The number of amides is 1. The minimum Gasteiger partial charge on any atom is -0.274 e. The normalized spacial score (nSPS) is 10.0. The molecule has 0 radical (unpaired) electrons. The van der Waals surface area contributed by atoms with Gasteiger partial charge in [-0.25, -0.2) is 10.2 Å². The Balaban J connectivity index is 2.54. The number of hydrogen-bond donors (Lipinski definition) is 2. The summed E-state index contributed by atoms with van der Waals surface area (Å²) in [5.74, 6) is 0.0697. The maximum Gasteiger partial charge on any atom is 0.229 e. The zero-order chi connectivity index (χ0) is 15.4. The monoisotopic (exact) mass is 303 g/mol. The van der Waals surface area contributed by atoms with E-state index < -0.39 is 0 Å². The third kappa shape index (κ3) is 3.17. The molecule has 2 aromatic rings. The van der Waals surface area contributed by atoms with Crippen LogP contribution in [0.4, 0.5) is 17.2 Å². The van der Waals surface area contributed by atoms with Crippen LogP contribution < -0.4 is 10.4 Å². The van der Waals surface area contributed by atoms with Crippen molar-refractivity contribution < 1.29 is 15.5 Å². The molecule has 2 rings (SSSR count). The molecular formula is C14H12ClN4O2+. The Morgan fingerprint density at radius 1 is 1.43 bits per heavy atom. The molecule has 0 atom stereocenters. The van der Waals surface area contributed by atoms with Crippen molar-refractivity contribution in [2.24, 2.45) is 0 Å². The van der Waals surface area contributed by atoms with Crippen LogP contribution in [0.3, 0.4) is 0 Å². The van der Waals surface area contributed by atoms with Gasteiger partial charge >= 0.3 is 0 Å². The minimum absolute atomic E-state index is 0.269. The predicted octanol–water partition coefficient (Wildman–Crippen LogP) is 1.88. The minimum atomic E-state index is -0.274. The number of benzene rings is 1. The number of nitriles is 1. The smallest absolute Gasteiger partial charge is 0.229 e. The van der Waals surface area contributed by atoms with Crippen LogP contribution in [-0.4, -0.2) is 16.1 Å². The fourth-order valence-corrected chi connectivity index (χ4v) is 2.01. The highest BCUT2D eigenvalue weighted by molar-refractivity contribution is 6.31. The van der Waals surface area contributed by atoms with Gasteiger partial charge in [0.05, 0.1) is 16.3 Å². The molecule has 1 heterocycles. The van der Waals surface area contributed by atoms with E-state index in [1.54, 1.807) is 24.3 Å². The summed E-state index contributed by atoms with van der Waals surface area (Å²) in [4.78, 5) is 17.4. The zero-order valence-electron chi connectivity index (χ0n) is 11.1. The molecule has 1 amide bonds. The number of quaternary nitrogens is 1. The van der Waals surface area contributed by atoms with Gasteiger partial charge in [-0.3, -0.25) is 9.69 Å². The second-order valence-corrected chi connectivity index (χ2v) is 4.61. The van der Waals surface area contributed by atoms with E-state index in [1.807, 2.05) is 6.07 Å². The van der Waals surface area contributed by atoms with E-state index in [1.165, 1.54) is 24.1 Å². The predicted molar refractivity (Wildman–Crippen MR) is 76.6 cm³/mol. The molecule has 0 aliphatic rings. The van der Waals surface area contributed by atoms with Gasteiger partial charge in [0.1, 0.15) is 11.9 Å². The zero-order valence-corrected chi connectivity index (χ0v) is 11.9. The van der Waals surface area contributed by atoms with Gasteiger partial charge in [-0.05, 0) is 18.2 Å². The quantitative estimate of drug-likeness (QED) is 0.846. The number of rotatable bonds is 3. The van der Waals surface area contributed by atoms with Crippen molar-refractivity contribution in [1.82, 2.24) is 4.98 Å². The van der Waals surface area contributed by atoms with E-state index in [4.69, 9.17) is 22.1 Å². The largest absolute Gasteiger partial charge is 0.274 e. The van der Waals surface area contributed by atoms with E-state index >= 15 is 0 Å². The number of pyridine rings is 1. The topological polar surface area (TPSA) is 93.8 Å². The number of aromatic nitrogens is 1. The van der Waals surface area contributed by atoms with Crippen molar-refractivity contribution in [1.29, 1.82) is 5.26 Å². The summed E-state index contributed by atoms with van der Waals surface area (Å²) < 4.78 is 0. The lowest BCUT2D eigenvalue weighted by Gasteiger charge is -2.20. The molecule has 0 spiro atoms. The molecule has 21 heavy (non-hydrogen) atoms. The summed E-state index contributed by atoms with van der Waals surface area (Å²) in [6.45, 7) is 1.39. The highest BCUT2D eigenvalue weighted by atomic mass is 35.5. The first-order valence-corrected chi connectivity index (χ1v) is 6.38. The number of nitrogens with zero attached hydrogens (tertiary/aromatic N) is 3. The Kier molecular flexibility index (Phi) is 4.50. The van der Waals surface area contributed by atoms with Gasteiger partial charge in [-0.1, -0.05) is 11.6 Å². The molecule has 6 nitrogen and oxygen atoms in total. The summed E-state index contributed by atoms with van der Waals surface area (Å²) in [6.07, 6.45) is 1.48. The number of nitrogens with two attached hydrogens (primary N) is 1. The fourth-order valence-electron chi connectivity index (χ4n) is 1.85. The highest BCUT2D eigenvalue weighted by Gasteiger charge is 2.18. The molecule has 1 aromatic heterocycles. The van der Waals surface area contributed by atoms with Crippen LogP contribution in [0.15, 0.2) is 36.5 Å². The van der Waals surface area contributed by atoms with E-state index in [0.29, 0.717) is 22.2 Å². The summed E-state index contributed by atoms with van der Waals surface area (Å²) in [5.41, 5.74) is 2.18. The molecule has 3 N–H and O–H groups in total. The van der Waals surface area contributed by atoms with Gasteiger partial charge in [-0.2, -0.15) is 10.7 Å². The molecule has 0 aliphatic carbocycles. The van der Waals surface area contributed by atoms with E-state index in [-0.39, 0.29) is 11.5 Å². The molecule has 0 bridgehead atoms. The van der Waals surface area contributed by atoms with Crippen LogP contribution in [0.1, 0.15) is 12.5 Å². The molecule has 7 heteroatoms. The van der Waals surface area contributed by atoms with Gasteiger partial charge in [-0.15, -0.1) is 0 Å². The van der Waals surface area contributed by atoms with Crippen molar-refractivity contribution in [3.63, 3.8) is 0 Å². The number of anilines is 2. The molecule has 0 saturated heterocycles. The first kappa shape index (κ1) is 14.9. The molecule has 0 aliphatic heterocycles. The second kappa shape index (κ2) is 6.33. The van der Waals surface area contributed by atoms with Crippen molar-refractivity contribution in [3.05, 3.63) is 47.1 Å². The van der Waals surface area contributed by atoms with Crippen LogP contribution in [0.2, 0.25) is 5.02 Å². The van der Waals surface area contributed by atoms with Crippen molar-refractivity contribution >= 4 is 34.7 Å². The third-order valence-electron chi connectivity index (χ3n) is 2.79. The number of halogens is 1. The van der Waals surface area contributed by atoms with Crippen LogP contribution in [0.25, 0.3) is 0 Å². The van der Waals surface area contributed by atoms with Crippen molar-refractivity contribution in [2.75, 3.05) is 4.90 Å².